The van der Waals surface area contributed by atoms with Gasteiger partial charge in [-0.15, -0.1) is 11.8 Å². The number of phenolic OH excluding ortho intramolecular Hbond substituents is 1. The molecule has 0 radical (unpaired) electrons. The van der Waals surface area contributed by atoms with E-state index in [1.54, 1.807) is 17.8 Å². The molecule has 0 aromatic heterocycles. The summed E-state index contributed by atoms with van der Waals surface area (Å²) in [6.07, 6.45) is 2.00. The zero-order chi connectivity index (χ0) is 9.30. The molecule has 0 heterocycles. The molecule has 1 N–H and O–H groups in total. The molecular formula is C9H11ClOS. The molecule has 0 aliphatic rings. The molecule has 0 amide bonds. The van der Waals surface area contributed by atoms with E-state index in [1.165, 1.54) is 0 Å². The highest BCUT2D eigenvalue weighted by molar-refractivity contribution is 7.98. The summed E-state index contributed by atoms with van der Waals surface area (Å²) in [6.45, 7) is 3.88. The van der Waals surface area contributed by atoms with Crippen LogP contribution in [0.4, 0.5) is 0 Å². The molecule has 0 fully saturated rings. The maximum atomic E-state index is 9.36. The lowest BCUT2D eigenvalue weighted by Crippen LogP contribution is -1.86. The van der Waals surface area contributed by atoms with Gasteiger partial charge in [-0.1, -0.05) is 11.6 Å². The molecule has 0 bridgehead atoms. The van der Waals surface area contributed by atoms with E-state index >= 15 is 0 Å². The molecule has 12 heavy (non-hydrogen) atoms. The zero-order valence-electron chi connectivity index (χ0n) is 7.31. The van der Waals surface area contributed by atoms with E-state index < -0.39 is 0 Å². The molecule has 0 unspecified atom stereocenters. The van der Waals surface area contributed by atoms with Crippen LogP contribution in [0.3, 0.4) is 0 Å². The monoisotopic (exact) mass is 202 g/mol. The molecule has 0 atom stereocenters. The Balaban J connectivity index is 3.40. The third-order valence-corrected chi connectivity index (χ3v) is 3.32. The summed E-state index contributed by atoms with van der Waals surface area (Å²) in [4.78, 5) is 1.15. The van der Waals surface area contributed by atoms with Crippen molar-refractivity contribution in [1.29, 1.82) is 0 Å². The third-order valence-electron chi connectivity index (χ3n) is 1.81. The molecule has 1 aromatic carbocycles. The minimum atomic E-state index is 0.171. The van der Waals surface area contributed by atoms with Gasteiger partial charge in [-0.25, -0.2) is 0 Å². The lowest BCUT2D eigenvalue weighted by Gasteiger charge is -2.09. The molecule has 0 saturated heterocycles. The van der Waals surface area contributed by atoms with E-state index in [4.69, 9.17) is 11.6 Å². The summed E-state index contributed by atoms with van der Waals surface area (Å²) in [5.74, 6) is 0.171. The fraction of sp³-hybridized carbons (Fsp3) is 0.333. The molecule has 0 spiro atoms. The Hall–Kier alpha value is -0.340. The predicted octanol–water partition coefficient (Wildman–Crippen LogP) is 3.38. The van der Waals surface area contributed by atoms with Gasteiger partial charge in [-0.3, -0.25) is 0 Å². The van der Waals surface area contributed by atoms with Crippen molar-refractivity contribution in [3.05, 3.63) is 22.2 Å². The van der Waals surface area contributed by atoms with E-state index in [-0.39, 0.29) is 5.75 Å². The lowest BCUT2D eigenvalue weighted by molar-refractivity contribution is 0.474. The summed E-state index contributed by atoms with van der Waals surface area (Å²) in [5.41, 5.74) is 2.03. The molecule has 1 nitrogen and oxygen atoms in total. The Morgan fingerprint density at radius 1 is 1.42 bits per heavy atom. The van der Waals surface area contributed by atoms with E-state index in [9.17, 15) is 5.11 Å². The zero-order valence-corrected chi connectivity index (χ0v) is 8.88. The SMILES string of the molecule is CSc1c(C)cc(O)c(Cl)c1C. The van der Waals surface area contributed by atoms with Crippen molar-refractivity contribution in [3.63, 3.8) is 0 Å². The first-order valence-electron chi connectivity index (χ1n) is 3.60. The second-order valence-electron chi connectivity index (χ2n) is 2.68. The van der Waals surface area contributed by atoms with E-state index in [1.807, 2.05) is 20.1 Å². The van der Waals surface area contributed by atoms with Crippen molar-refractivity contribution in [1.82, 2.24) is 0 Å². The van der Waals surface area contributed by atoms with Crippen LogP contribution in [0.25, 0.3) is 0 Å². The van der Waals surface area contributed by atoms with Crippen LogP contribution in [0.1, 0.15) is 11.1 Å². The van der Waals surface area contributed by atoms with Gasteiger partial charge in [0.25, 0.3) is 0 Å². The van der Waals surface area contributed by atoms with Gasteiger partial charge in [0, 0.05) is 4.90 Å². The van der Waals surface area contributed by atoms with Gasteiger partial charge in [0.15, 0.2) is 0 Å². The van der Waals surface area contributed by atoms with Gasteiger partial charge in [0.2, 0.25) is 0 Å². The van der Waals surface area contributed by atoms with Crippen molar-refractivity contribution >= 4 is 23.4 Å². The van der Waals surface area contributed by atoms with Crippen molar-refractivity contribution in [2.24, 2.45) is 0 Å². The normalized spacial score (nSPS) is 10.3. The number of aromatic hydroxyl groups is 1. The quantitative estimate of drug-likeness (QED) is 0.705. The Morgan fingerprint density at radius 3 is 2.50 bits per heavy atom. The highest BCUT2D eigenvalue weighted by Crippen LogP contribution is 2.35. The topological polar surface area (TPSA) is 20.2 Å². The van der Waals surface area contributed by atoms with Crippen LogP contribution in [0, 0.1) is 13.8 Å². The lowest BCUT2D eigenvalue weighted by atomic mass is 10.1. The second kappa shape index (κ2) is 3.58. The Labute approximate surface area is 81.7 Å². The first-order chi connectivity index (χ1) is 5.57. The summed E-state index contributed by atoms with van der Waals surface area (Å²) in [6, 6.07) is 1.70. The number of hydrogen-bond acceptors (Lipinski definition) is 2. The second-order valence-corrected chi connectivity index (χ2v) is 3.88. The molecule has 3 heteroatoms. The first kappa shape index (κ1) is 9.75. The van der Waals surface area contributed by atoms with Crippen LogP contribution >= 0.6 is 23.4 Å². The summed E-state index contributed by atoms with van der Waals surface area (Å²) in [7, 11) is 0. The van der Waals surface area contributed by atoms with Crippen LogP contribution in [0.2, 0.25) is 5.02 Å². The molecule has 66 valence electrons. The number of phenols is 1. The average Bonchev–Trinajstić information content (AvgIpc) is 2.01. The molecule has 1 aromatic rings. The molecular weight excluding hydrogens is 192 g/mol. The number of benzene rings is 1. The third kappa shape index (κ3) is 1.54. The predicted molar refractivity (Wildman–Crippen MR) is 54.4 cm³/mol. The number of thioether (sulfide) groups is 1. The molecule has 0 aliphatic heterocycles. The number of halogens is 1. The Kier molecular flexibility index (Phi) is 2.91. The van der Waals surface area contributed by atoms with Crippen molar-refractivity contribution in [2.45, 2.75) is 18.7 Å². The van der Waals surface area contributed by atoms with E-state index in [0.29, 0.717) is 5.02 Å². The van der Waals surface area contributed by atoms with Gasteiger partial charge in [0.05, 0.1) is 5.02 Å². The van der Waals surface area contributed by atoms with Crippen LogP contribution in [0.5, 0.6) is 5.75 Å². The van der Waals surface area contributed by atoms with E-state index in [2.05, 4.69) is 0 Å². The van der Waals surface area contributed by atoms with E-state index in [0.717, 1.165) is 16.0 Å². The van der Waals surface area contributed by atoms with Crippen LogP contribution in [-0.2, 0) is 0 Å². The van der Waals surface area contributed by atoms with Gasteiger partial charge in [-0.05, 0) is 37.3 Å². The summed E-state index contributed by atoms with van der Waals surface area (Å²) >= 11 is 7.52. The van der Waals surface area contributed by atoms with Crippen molar-refractivity contribution in [3.8, 4) is 5.75 Å². The maximum Gasteiger partial charge on any atom is 0.134 e. The van der Waals surface area contributed by atoms with Gasteiger partial charge >= 0.3 is 0 Å². The van der Waals surface area contributed by atoms with Crippen LogP contribution in [-0.4, -0.2) is 11.4 Å². The number of rotatable bonds is 1. The smallest absolute Gasteiger partial charge is 0.134 e. The minimum Gasteiger partial charge on any atom is -0.506 e. The van der Waals surface area contributed by atoms with Crippen LogP contribution < -0.4 is 0 Å². The molecule has 0 aliphatic carbocycles. The molecule has 1 rings (SSSR count). The van der Waals surface area contributed by atoms with Gasteiger partial charge in [-0.2, -0.15) is 0 Å². The number of aryl methyl sites for hydroxylation is 1. The largest absolute Gasteiger partial charge is 0.506 e. The molecule has 0 saturated carbocycles. The number of hydrogen-bond donors (Lipinski definition) is 1. The average molecular weight is 203 g/mol. The maximum absolute atomic E-state index is 9.36. The van der Waals surface area contributed by atoms with Crippen LogP contribution in [0.15, 0.2) is 11.0 Å². The standard InChI is InChI=1S/C9H11ClOS/c1-5-4-7(11)8(10)6(2)9(5)12-3/h4,11H,1-3H3. The highest BCUT2D eigenvalue weighted by Gasteiger charge is 2.09. The van der Waals surface area contributed by atoms with Crippen molar-refractivity contribution < 1.29 is 5.11 Å². The van der Waals surface area contributed by atoms with Crippen molar-refractivity contribution in [2.75, 3.05) is 6.26 Å². The summed E-state index contributed by atoms with van der Waals surface area (Å²) in [5, 5.41) is 9.82. The fourth-order valence-corrected chi connectivity index (χ4v) is 2.23. The summed E-state index contributed by atoms with van der Waals surface area (Å²) < 4.78 is 0. The Bertz CT molecular complexity index is 310. The first-order valence-corrected chi connectivity index (χ1v) is 5.21. The Morgan fingerprint density at radius 2 is 2.00 bits per heavy atom. The minimum absolute atomic E-state index is 0.171. The van der Waals surface area contributed by atoms with Gasteiger partial charge < -0.3 is 5.11 Å². The highest BCUT2D eigenvalue weighted by atomic mass is 35.5. The van der Waals surface area contributed by atoms with Gasteiger partial charge in [0.1, 0.15) is 5.75 Å². The fourth-order valence-electron chi connectivity index (χ4n) is 1.24.